The van der Waals surface area contributed by atoms with Crippen LogP contribution < -0.4 is 0 Å². The number of esters is 3. The van der Waals surface area contributed by atoms with Gasteiger partial charge in [-0.25, -0.2) is 4.79 Å². The third kappa shape index (κ3) is 47.2. The van der Waals surface area contributed by atoms with Crippen molar-refractivity contribution < 1.29 is 58.2 Å². The molecular formula is C69H126O12. The Hall–Kier alpha value is -2.80. The summed E-state index contributed by atoms with van der Waals surface area (Å²) < 4.78 is 28.6. The Balaban J connectivity index is 2.62. The van der Waals surface area contributed by atoms with Crippen LogP contribution in [0.5, 0.6) is 0 Å². The van der Waals surface area contributed by atoms with Crippen molar-refractivity contribution in [3.63, 3.8) is 0 Å². The molecule has 12 heteroatoms. The minimum Gasteiger partial charge on any atom is -0.479 e. The van der Waals surface area contributed by atoms with E-state index in [4.69, 9.17) is 23.7 Å². The smallest absolute Gasteiger partial charge is 0.335 e. The average molecular weight is 1150 g/mol. The van der Waals surface area contributed by atoms with Gasteiger partial charge in [-0.15, -0.1) is 0 Å². The number of unbranched alkanes of at least 4 members (excludes halogenated alkanes) is 42. The molecule has 1 saturated heterocycles. The van der Waals surface area contributed by atoms with E-state index < -0.39 is 67.3 Å². The molecule has 0 aromatic carbocycles. The summed E-state index contributed by atoms with van der Waals surface area (Å²) in [4.78, 5) is 51.4. The maximum atomic E-state index is 13.2. The molecule has 0 aromatic rings. The Labute approximate surface area is 496 Å². The van der Waals surface area contributed by atoms with Crippen molar-refractivity contribution >= 4 is 23.9 Å². The Morgan fingerprint density at radius 2 is 0.704 bits per heavy atom. The minimum atomic E-state index is -1.90. The van der Waals surface area contributed by atoms with E-state index in [1.54, 1.807) is 0 Å². The lowest BCUT2D eigenvalue weighted by Crippen LogP contribution is -2.61. The van der Waals surface area contributed by atoms with Gasteiger partial charge in [0.15, 0.2) is 24.6 Å². The van der Waals surface area contributed by atoms with E-state index in [2.05, 4.69) is 45.1 Å². The topological polar surface area (TPSA) is 175 Å². The van der Waals surface area contributed by atoms with Gasteiger partial charge in [0.1, 0.15) is 18.8 Å². The maximum Gasteiger partial charge on any atom is 0.335 e. The second kappa shape index (κ2) is 57.6. The summed E-state index contributed by atoms with van der Waals surface area (Å²) in [6.45, 7) is 6.05. The molecule has 0 saturated carbocycles. The lowest BCUT2D eigenvalue weighted by molar-refractivity contribution is -0.301. The van der Waals surface area contributed by atoms with Crippen molar-refractivity contribution in [1.29, 1.82) is 0 Å². The molecule has 1 rings (SSSR count). The number of aliphatic carboxylic acids is 1. The quantitative estimate of drug-likeness (QED) is 0.0228. The number of hydrogen-bond donors (Lipinski definition) is 3. The fourth-order valence-electron chi connectivity index (χ4n) is 10.7. The monoisotopic (exact) mass is 1150 g/mol. The average Bonchev–Trinajstić information content (AvgIpc) is 3.54. The van der Waals surface area contributed by atoms with Crippen LogP contribution in [0.15, 0.2) is 24.3 Å². The van der Waals surface area contributed by atoms with Gasteiger partial charge in [0.2, 0.25) is 0 Å². The Morgan fingerprint density at radius 3 is 1.05 bits per heavy atom. The first kappa shape index (κ1) is 76.2. The summed E-state index contributed by atoms with van der Waals surface area (Å²) >= 11 is 0. The van der Waals surface area contributed by atoms with Gasteiger partial charge in [-0.3, -0.25) is 14.4 Å². The molecule has 474 valence electrons. The van der Waals surface area contributed by atoms with E-state index in [0.29, 0.717) is 19.3 Å². The first-order valence-electron chi connectivity index (χ1n) is 34.3. The van der Waals surface area contributed by atoms with Crippen molar-refractivity contribution in [2.75, 3.05) is 13.2 Å². The summed E-state index contributed by atoms with van der Waals surface area (Å²) in [5.41, 5.74) is 0. The number of rotatable bonds is 60. The predicted molar refractivity (Wildman–Crippen MR) is 331 cm³/mol. The molecule has 81 heavy (non-hydrogen) atoms. The number of hydrogen-bond acceptors (Lipinski definition) is 11. The molecule has 0 spiro atoms. The number of allylic oxidation sites excluding steroid dienone is 4. The largest absolute Gasteiger partial charge is 0.479 e. The van der Waals surface area contributed by atoms with Gasteiger partial charge < -0.3 is 39.0 Å². The number of carbonyl (C=O) groups is 4. The lowest BCUT2D eigenvalue weighted by Gasteiger charge is -2.40. The Kier molecular flexibility index (Phi) is 54.2. The van der Waals surface area contributed by atoms with Crippen LogP contribution in [0.3, 0.4) is 0 Å². The summed E-state index contributed by atoms with van der Waals surface area (Å²) in [6.07, 6.45) is 55.6. The van der Waals surface area contributed by atoms with Crippen LogP contribution in [-0.4, -0.2) is 89.2 Å². The molecule has 0 aliphatic carbocycles. The van der Waals surface area contributed by atoms with Crippen LogP contribution in [0.4, 0.5) is 0 Å². The molecule has 1 fully saturated rings. The van der Waals surface area contributed by atoms with E-state index in [1.165, 1.54) is 193 Å². The predicted octanol–water partition coefficient (Wildman–Crippen LogP) is 18.6. The third-order valence-corrected chi connectivity index (χ3v) is 16.0. The molecule has 1 heterocycles. The van der Waals surface area contributed by atoms with E-state index in [9.17, 15) is 34.5 Å². The van der Waals surface area contributed by atoms with Gasteiger partial charge in [-0.05, 0) is 70.6 Å². The van der Waals surface area contributed by atoms with Crippen molar-refractivity contribution in [1.82, 2.24) is 0 Å². The van der Waals surface area contributed by atoms with Gasteiger partial charge in [-0.1, -0.05) is 276 Å². The SMILES string of the molecule is CCCCCCCC/C=C\CCCCCCCCCCCC(=O)OC1C(OCC(COC(=O)CCCCCCCCCCCCCCCCCCC)OC(=O)CCCCCCC/C=C\CCCCCCCC)OC(C(=O)O)C(O)C1O. The van der Waals surface area contributed by atoms with Gasteiger partial charge in [0, 0.05) is 19.3 Å². The first-order valence-corrected chi connectivity index (χ1v) is 34.3. The van der Waals surface area contributed by atoms with Gasteiger partial charge >= 0.3 is 23.9 Å². The van der Waals surface area contributed by atoms with Crippen LogP contribution in [0.2, 0.25) is 0 Å². The zero-order valence-corrected chi connectivity index (χ0v) is 52.6. The second-order valence-electron chi connectivity index (χ2n) is 23.8. The summed E-state index contributed by atoms with van der Waals surface area (Å²) in [5.74, 6) is -3.09. The first-order chi connectivity index (χ1) is 39.6. The van der Waals surface area contributed by atoms with E-state index in [-0.39, 0.29) is 25.9 Å². The molecule has 6 unspecified atom stereocenters. The standard InChI is InChI=1S/C69H126O12/c1-4-7-10-13-16-19-22-25-28-30-31-33-36-39-42-45-48-51-54-57-63(72)80-67-65(74)64(73)66(68(75)76)81-69(67)78-59-60(79-62(71)56-53-50-47-44-41-38-34-27-24-21-18-15-12-9-6-3)58-77-61(70)55-52-49-46-43-40-37-35-32-29-26-23-20-17-14-11-8-5-2/h25,27-28,34,60,64-67,69,73-74H,4-24,26,29-33,35-59H2,1-3H3,(H,75,76)/b28-25-,34-27-. The fourth-order valence-corrected chi connectivity index (χ4v) is 10.7. The highest BCUT2D eigenvalue weighted by Crippen LogP contribution is 2.27. The minimum absolute atomic E-state index is 0.0623. The molecule has 6 atom stereocenters. The van der Waals surface area contributed by atoms with E-state index >= 15 is 0 Å². The zero-order chi connectivity index (χ0) is 58.9. The molecule has 0 bridgehead atoms. The molecular weight excluding hydrogens is 1020 g/mol. The normalized spacial score (nSPS) is 17.8. The van der Waals surface area contributed by atoms with Crippen molar-refractivity contribution in [2.24, 2.45) is 0 Å². The van der Waals surface area contributed by atoms with Gasteiger partial charge in [0.05, 0.1) is 6.61 Å². The molecule has 0 amide bonds. The second-order valence-corrected chi connectivity index (χ2v) is 23.8. The highest BCUT2D eigenvalue weighted by Gasteiger charge is 2.50. The van der Waals surface area contributed by atoms with E-state index in [1.807, 2.05) is 0 Å². The molecule has 0 radical (unpaired) electrons. The van der Waals surface area contributed by atoms with Crippen LogP contribution in [0, 0.1) is 0 Å². The summed E-state index contributed by atoms with van der Waals surface area (Å²) in [7, 11) is 0. The van der Waals surface area contributed by atoms with Crippen LogP contribution in [-0.2, 0) is 42.9 Å². The lowest BCUT2D eigenvalue weighted by atomic mass is 9.98. The number of ether oxygens (including phenoxy) is 5. The number of carbonyl (C=O) groups excluding carboxylic acids is 3. The fraction of sp³-hybridized carbons (Fsp3) is 0.884. The highest BCUT2D eigenvalue weighted by atomic mass is 16.7. The van der Waals surface area contributed by atoms with Crippen LogP contribution in [0.1, 0.15) is 342 Å². The molecule has 1 aliphatic heterocycles. The zero-order valence-electron chi connectivity index (χ0n) is 52.6. The van der Waals surface area contributed by atoms with Gasteiger partial charge in [0.25, 0.3) is 0 Å². The van der Waals surface area contributed by atoms with Crippen molar-refractivity contribution in [3.05, 3.63) is 24.3 Å². The highest BCUT2D eigenvalue weighted by molar-refractivity contribution is 5.74. The Morgan fingerprint density at radius 1 is 0.395 bits per heavy atom. The summed E-state index contributed by atoms with van der Waals surface area (Å²) in [5, 5.41) is 31.6. The third-order valence-electron chi connectivity index (χ3n) is 16.0. The summed E-state index contributed by atoms with van der Waals surface area (Å²) in [6, 6.07) is 0. The van der Waals surface area contributed by atoms with Crippen molar-refractivity contribution in [2.45, 2.75) is 379 Å². The molecule has 1 aliphatic rings. The molecule has 12 nitrogen and oxygen atoms in total. The van der Waals surface area contributed by atoms with Crippen LogP contribution >= 0.6 is 0 Å². The van der Waals surface area contributed by atoms with E-state index in [0.717, 1.165) is 89.9 Å². The van der Waals surface area contributed by atoms with Crippen LogP contribution in [0.25, 0.3) is 0 Å². The van der Waals surface area contributed by atoms with Crippen molar-refractivity contribution in [3.8, 4) is 0 Å². The molecule has 3 N–H and O–H groups in total. The number of carboxylic acids is 1. The van der Waals surface area contributed by atoms with Gasteiger partial charge in [-0.2, -0.15) is 0 Å². The Bertz CT molecular complexity index is 1500. The number of carboxylic acid groups (broad SMARTS) is 1. The number of aliphatic hydroxyl groups excluding tert-OH is 2. The maximum absolute atomic E-state index is 13.2. The number of aliphatic hydroxyl groups is 2. The molecule has 0 aromatic heterocycles.